The highest BCUT2D eigenvalue weighted by atomic mass is 16.5. The van der Waals surface area contributed by atoms with E-state index in [1.165, 1.54) is 11.1 Å². The van der Waals surface area contributed by atoms with Gasteiger partial charge in [0.05, 0.1) is 7.11 Å². The lowest BCUT2D eigenvalue weighted by molar-refractivity contribution is 0.0391. The second kappa shape index (κ2) is 6.90. The van der Waals surface area contributed by atoms with E-state index in [0.29, 0.717) is 0 Å². The highest BCUT2D eigenvalue weighted by Gasteiger charge is 2.28. The van der Waals surface area contributed by atoms with E-state index in [2.05, 4.69) is 55.5 Å². The Hall–Kier alpha value is -2.58. The van der Waals surface area contributed by atoms with E-state index in [1.54, 1.807) is 14.2 Å². The van der Waals surface area contributed by atoms with Crippen molar-refractivity contribution in [3.05, 3.63) is 90.0 Å². The van der Waals surface area contributed by atoms with Crippen LogP contribution in [0.3, 0.4) is 0 Å². The molecule has 0 amide bonds. The molecule has 2 heteroatoms. The molecule has 1 atom stereocenters. The SMILES string of the molecule is COc1ccc(-c2ccc(C(C)(OC)c3ccccc3)cc2)cc1. The van der Waals surface area contributed by atoms with Crippen molar-refractivity contribution in [1.82, 2.24) is 0 Å². The largest absolute Gasteiger partial charge is 0.497 e. The van der Waals surface area contributed by atoms with Gasteiger partial charge in [0, 0.05) is 7.11 Å². The molecule has 0 N–H and O–H groups in total. The summed E-state index contributed by atoms with van der Waals surface area (Å²) in [7, 11) is 3.43. The zero-order valence-electron chi connectivity index (χ0n) is 14.3. The zero-order chi connectivity index (χ0) is 17.0. The van der Waals surface area contributed by atoms with Crippen molar-refractivity contribution < 1.29 is 9.47 Å². The molecule has 3 aromatic carbocycles. The highest BCUT2D eigenvalue weighted by molar-refractivity contribution is 5.64. The maximum absolute atomic E-state index is 5.87. The van der Waals surface area contributed by atoms with Crippen molar-refractivity contribution in [3.63, 3.8) is 0 Å². The lowest BCUT2D eigenvalue weighted by Crippen LogP contribution is -2.25. The van der Waals surface area contributed by atoms with Crippen molar-refractivity contribution in [1.29, 1.82) is 0 Å². The zero-order valence-corrected chi connectivity index (χ0v) is 14.3. The lowest BCUT2D eigenvalue weighted by atomic mass is 9.87. The Balaban J connectivity index is 1.93. The summed E-state index contributed by atoms with van der Waals surface area (Å²) in [5.74, 6) is 0.867. The summed E-state index contributed by atoms with van der Waals surface area (Å²) in [5, 5.41) is 0. The van der Waals surface area contributed by atoms with Crippen LogP contribution in [0, 0.1) is 0 Å². The normalized spacial score (nSPS) is 13.3. The molecular weight excluding hydrogens is 296 g/mol. The summed E-state index contributed by atoms with van der Waals surface area (Å²) in [6.07, 6.45) is 0. The first-order valence-electron chi connectivity index (χ1n) is 8.03. The summed E-state index contributed by atoms with van der Waals surface area (Å²) in [6, 6.07) is 26.9. The molecule has 0 aliphatic heterocycles. The molecule has 0 fully saturated rings. The third kappa shape index (κ3) is 3.06. The van der Waals surface area contributed by atoms with Crippen LogP contribution in [-0.2, 0) is 10.3 Å². The Kier molecular flexibility index (Phi) is 4.68. The topological polar surface area (TPSA) is 18.5 Å². The van der Waals surface area contributed by atoms with E-state index in [-0.39, 0.29) is 0 Å². The molecule has 2 nitrogen and oxygen atoms in total. The number of hydrogen-bond acceptors (Lipinski definition) is 2. The first-order valence-corrected chi connectivity index (χ1v) is 8.03. The van der Waals surface area contributed by atoms with Gasteiger partial charge in [-0.15, -0.1) is 0 Å². The molecule has 0 bridgehead atoms. The molecule has 0 spiro atoms. The predicted molar refractivity (Wildman–Crippen MR) is 98.3 cm³/mol. The van der Waals surface area contributed by atoms with Crippen molar-refractivity contribution in [2.24, 2.45) is 0 Å². The van der Waals surface area contributed by atoms with E-state index in [4.69, 9.17) is 9.47 Å². The fourth-order valence-electron chi connectivity index (χ4n) is 2.92. The molecule has 3 aromatic rings. The van der Waals surface area contributed by atoms with Gasteiger partial charge in [-0.25, -0.2) is 0 Å². The summed E-state index contributed by atoms with van der Waals surface area (Å²) in [6.45, 7) is 2.10. The molecule has 3 rings (SSSR count). The van der Waals surface area contributed by atoms with Crippen LogP contribution in [0.25, 0.3) is 11.1 Å². The van der Waals surface area contributed by atoms with Crippen LogP contribution in [0.1, 0.15) is 18.1 Å². The van der Waals surface area contributed by atoms with Crippen LogP contribution in [-0.4, -0.2) is 14.2 Å². The molecule has 122 valence electrons. The van der Waals surface area contributed by atoms with E-state index in [1.807, 2.05) is 30.3 Å². The van der Waals surface area contributed by atoms with Gasteiger partial charge in [0.25, 0.3) is 0 Å². The molecule has 0 aliphatic rings. The third-order valence-corrected chi connectivity index (χ3v) is 4.59. The number of rotatable bonds is 5. The second-order valence-electron chi connectivity index (χ2n) is 5.91. The van der Waals surface area contributed by atoms with E-state index >= 15 is 0 Å². The standard InChI is InChI=1S/C22H22O2/c1-22(24-3,19-7-5-4-6-8-19)20-13-9-17(10-14-20)18-11-15-21(23-2)16-12-18/h4-16H,1-3H3. The lowest BCUT2D eigenvalue weighted by Gasteiger charge is -2.29. The number of methoxy groups -OCH3 is 2. The summed E-state index contributed by atoms with van der Waals surface area (Å²) in [5.41, 5.74) is 4.16. The average molecular weight is 318 g/mol. The molecular formula is C22H22O2. The predicted octanol–water partition coefficient (Wildman–Crippen LogP) is 5.27. The van der Waals surface area contributed by atoms with Crippen LogP contribution in [0.2, 0.25) is 0 Å². The Morgan fingerprint density at radius 3 is 1.62 bits per heavy atom. The molecule has 0 aromatic heterocycles. The van der Waals surface area contributed by atoms with Gasteiger partial charge in [-0.1, -0.05) is 66.7 Å². The van der Waals surface area contributed by atoms with Crippen molar-refractivity contribution in [3.8, 4) is 16.9 Å². The van der Waals surface area contributed by atoms with Gasteiger partial charge in [-0.3, -0.25) is 0 Å². The first kappa shape index (κ1) is 16.3. The molecule has 0 saturated heterocycles. The molecule has 0 heterocycles. The van der Waals surface area contributed by atoms with E-state index in [0.717, 1.165) is 16.9 Å². The number of benzene rings is 3. The van der Waals surface area contributed by atoms with Crippen LogP contribution >= 0.6 is 0 Å². The Morgan fingerprint density at radius 1 is 0.625 bits per heavy atom. The Morgan fingerprint density at radius 2 is 1.12 bits per heavy atom. The first-order chi connectivity index (χ1) is 11.7. The maximum atomic E-state index is 5.87. The summed E-state index contributed by atoms with van der Waals surface area (Å²) < 4.78 is 11.1. The average Bonchev–Trinajstić information content (AvgIpc) is 2.68. The fourth-order valence-corrected chi connectivity index (χ4v) is 2.92. The van der Waals surface area contributed by atoms with E-state index in [9.17, 15) is 0 Å². The number of ether oxygens (including phenoxy) is 2. The van der Waals surface area contributed by atoms with Gasteiger partial charge in [0.15, 0.2) is 0 Å². The molecule has 0 saturated carbocycles. The fraction of sp³-hybridized carbons (Fsp3) is 0.182. The molecule has 0 aliphatic carbocycles. The molecule has 24 heavy (non-hydrogen) atoms. The van der Waals surface area contributed by atoms with Gasteiger partial charge < -0.3 is 9.47 Å². The van der Waals surface area contributed by atoms with Gasteiger partial charge in [-0.05, 0) is 41.3 Å². The van der Waals surface area contributed by atoms with Gasteiger partial charge in [0.2, 0.25) is 0 Å². The van der Waals surface area contributed by atoms with Crippen LogP contribution in [0.5, 0.6) is 5.75 Å². The smallest absolute Gasteiger partial charge is 0.118 e. The van der Waals surface area contributed by atoms with Gasteiger partial charge in [0.1, 0.15) is 11.4 Å². The highest BCUT2D eigenvalue weighted by Crippen LogP contribution is 2.34. The van der Waals surface area contributed by atoms with Gasteiger partial charge in [-0.2, -0.15) is 0 Å². The monoisotopic (exact) mass is 318 g/mol. The summed E-state index contributed by atoms with van der Waals surface area (Å²) >= 11 is 0. The minimum Gasteiger partial charge on any atom is -0.497 e. The number of hydrogen-bond donors (Lipinski definition) is 0. The van der Waals surface area contributed by atoms with Crippen molar-refractivity contribution in [2.75, 3.05) is 14.2 Å². The molecule has 1 unspecified atom stereocenters. The summed E-state index contributed by atoms with van der Waals surface area (Å²) in [4.78, 5) is 0. The van der Waals surface area contributed by atoms with Crippen molar-refractivity contribution >= 4 is 0 Å². The van der Waals surface area contributed by atoms with Crippen molar-refractivity contribution in [2.45, 2.75) is 12.5 Å². The maximum Gasteiger partial charge on any atom is 0.118 e. The minimum absolute atomic E-state index is 0.459. The minimum atomic E-state index is -0.459. The third-order valence-electron chi connectivity index (χ3n) is 4.59. The van der Waals surface area contributed by atoms with Crippen LogP contribution in [0.15, 0.2) is 78.9 Å². The van der Waals surface area contributed by atoms with E-state index < -0.39 is 5.60 Å². The Bertz CT molecular complexity index is 776. The van der Waals surface area contributed by atoms with Crippen LogP contribution < -0.4 is 4.74 Å². The van der Waals surface area contributed by atoms with Gasteiger partial charge >= 0.3 is 0 Å². The quantitative estimate of drug-likeness (QED) is 0.638. The Labute approximate surface area is 143 Å². The molecule has 0 radical (unpaired) electrons. The second-order valence-corrected chi connectivity index (χ2v) is 5.91. The van der Waals surface area contributed by atoms with Crippen LogP contribution in [0.4, 0.5) is 0 Å².